The third kappa shape index (κ3) is 4.77. The molecule has 2 rings (SSSR count). The molecular formula is C16H23N3O2. The van der Waals surface area contributed by atoms with E-state index < -0.39 is 0 Å². The summed E-state index contributed by atoms with van der Waals surface area (Å²) in [7, 11) is 0. The second-order valence-electron chi connectivity index (χ2n) is 5.41. The Balaban J connectivity index is 1.85. The van der Waals surface area contributed by atoms with Gasteiger partial charge in [-0.2, -0.15) is 0 Å². The van der Waals surface area contributed by atoms with E-state index in [1.165, 1.54) is 12.8 Å². The molecule has 21 heavy (non-hydrogen) atoms. The highest BCUT2D eigenvalue weighted by Crippen LogP contribution is 2.18. The van der Waals surface area contributed by atoms with Crippen LogP contribution in [0.2, 0.25) is 0 Å². The fourth-order valence-electron chi connectivity index (χ4n) is 2.46. The number of anilines is 1. The molecule has 1 aliphatic rings. The van der Waals surface area contributed by atoms with Crippen molar-refractivity contribution in [3.8, 4) is 0 Å². The molecule has 0 saturated heterocycles. The van der Waals surface area contributed by atoms with Crippen LogP contribution in [0.15, 0.2) is 24.3 Å². The lowest BCUT2D eigenvalue weighted by Gasteiger charge is -2.12. The van der Waals surface area contributed by atoms with Crippen molar-refractivity contribution in [1.29, 1.82) is 0 Å². The van der Waals surface area contributed by atoms with Gasteiger partial charge in [-0.25, -0.2) is 4.79 Å². The lowest BCUT2D eigenvalue weighted by molar-refractivity contribution is 0.0938. The summed E-state index contributed by atoms with van der Waals surface area (Å²) in [6, 6.07) is 7.05. The molecule has 3 amide bonds. The van der Waals surface area contributed by atoms with Gasteiger partial charge in [-0.15, -0.1) is 0 Å². The molecule has 1 aromatic carbocycles. The number of nitrogens with one attached hydrogen (secondary N) is 3. The lowest BCUT2D eigenvalue weighted by Crippen LogP contribution is -2.32. The van der Waals surface area contributed by atoms with Crippen LogP contribution in [-0.4, -0.2) is 24.5 Å². The maximum absolute atomic E-state index is 12.1. The van der Waals surface area contributed by atoms with Gasteiger partial charge in [0.15, 0.2) is 0 Å². The molecule has 114 valence electrons. The van der Waals surface area contributed by atoms with Crippen molar-refractivity contribution in [3.05, 3.63) is 29.8 Å². The van der Waals surface area contributed by atoms with Crippen LogP contribution in [0.3, 0.4) is 0 Å². The highest BCUT2D eigenvalue weighted by molar-refractivity contribution is 5.95. The molecule has 0 aliphatic heterocycles. The summed E-state index contributed by atoms with van der Waals surface area (Å²) >= 11 is 0. The number of urea groups is 1. The van der Waals surface area contributed by atoms with E-state index in [0.717, 1.165) is 19.3 Å². The van der Waals surface area contributed by atoms with Gasteiger partial charge < -0.3 is 16.0 Å². The summed E-state index contributed by atoms with van der Waals surface area (Å²) in [6.45, 7) is 2.64. The molecule has 0 unspecified atom stereocenters. The lowest BCUT2D eigenvalue weighted by atomic mass is 10.1. The summed E-state index contributed by atoms with van der Waals surface area (Å²) in [5.41, 5.74) is 1.31. The molecule has 0 aromatic heterocycles. The molecule has 0 radical (unpaired) electrons. The van der Waals surface area contributed by atoms with Gasteiger partial charge in [0.2, 0.25) is 0 Å². The molecule has 5 heteroatoms. The SMILES string of the molecule is CCCNC(=O)Nc1ccc(C(=O)NC2CCCC2)cc1. The van der Waals surface area contributed by atoms with Crippen molar-refractivity contribution in [2.75, 3.05) is 11.9 Å². The quantitative estimate of drug-likeness (QED) is 0.780. The van der Waals surface area contributed by atoms with E-state index in [1.54, 1.807) is 24.3 Å². The Kier molecular flexibility index (Phi) is 5.60. The minimum Gasteiger partial charge on any atom is -0.349 e. The van der Waals surface area contributed by atoms with Gasteiger partial charge in [0.05, 0.1) is 0 Å². The average molecular weight is 289 g/mol. The Hall–Kier alpha value is -2.04. The van der Waals surface area contributed by atoms with Crippen molar-refractivity contribution in [2.24, 2.45) is 0 Å². The number of rotatable bonds is 5. The van der Waals surface area contributed by atoms with Crippen molar-refractivity contribution in [2.45, 2.75) is 45.1 Å². The monoisotopic (exact) mass is 289 g/mol. The van der Waals surface area contributed by atoms with E-state index >= 15 is 0 Å². The molecule has 1 saturated carbocycles. The zero-order valence-corrected chi connectivity index (χ0v) is 12.4. The van der Waals surface area contributed by atoms with Crippen LogP contribution in [0.5, 0.6) is 0 Å². The first-order valence-electron chi connectivity index (χ1n) is 7.65. The number of carbonyl (C=O) groups excluding carboxylic acids is 2. The third-order valence-electron chi connectivity index (χ3n) is 3.63. The Bertz CT molecular complexity index is 479. The van der Waals surface area contributed by atoms with Crippen LogP contribution in [0.4, 0.5) is 10.5 Å². The number of hydrogen-bond donors (Lipinski definition) is 3. The van der Waals surface area contributed by atoms with Crippen molar-refractivity contribution in [1.82, 2.24) is 10.6 Å². The fourth-order valence-corrected chi connectivity index (χ4v) is 2.46. The molecule has 5 nitrogen and oxygen atoms in total. The van der Waals surface area contributed by atoms with Crippen LogP contribution in [0, 0.1) is 0 Å². The maximum atomic E-state index is 12.1. The van der Waals surface area contributed by atoms with Gasteiger partial charge in [0.25, 0.3) is 5.91 Å². The van der Waals surface area contributed by atoms with Crippen molar-refractivity contribution >= 4 is 17.6 Å². The summed E-state index contributed by atoms with van der Waals surface area (Å²) in [6.07, 6.45) is 5.43. The molecule has 0 heterocycles. The predicted octanol–water partition coefficient (Wildman–Crippen LogP) is 2.89. The average Bonchev–Trinajstić information content (AvgIpc) is 2.98. The predicted molar refractivity (Wildman–Crippen MR) is 83.5 cm³/mol. The topological polar surface area (TPSA) is 70.2 Å². The zero-order chi connectivity index (χ0) is 15.1. The van der Waals surface area contributed by atoms with Gasteiger partial charge in [-0.1, -0.05) is 19.8 Å². The molecular weight excluding hydrogens is 266 g/mol. The summed E-state index contributed by atoms with van der Waals surface area (Å²) in [5, 5.41) is 8.52. The van der Waals surface area contributed by atoms with Crippen LogP contribution in [0.25, 0.3) is 0 Å². The third-order valence-corrected chi connectivity index (χ3v) is 3.63. The van der Waals surface area contributed by atoms with E-state index in [1.807, 2.05) is 6.92 Å². The van der Waals surface area contributed by atoms with Gasteiger partial charge in [0, 0.05) is 23.8 Å². The van der Waals surface area contributed by atoms with E-state index in [0.29, 0.717) is 23.8 Å². The number of benzene rings is 1. The van der Waals surface area contributed by atoms with Gasteiger partial charge in [-0.3, -0.25) is 4.79 Å². The maximum Gasteiger partial charge on any atom is 0.319 e. The largest absolute Gasteiger partial charge is 0.349 e. The van der Waals surface area contributed by atoms with E-state index in [-0.39, 0.29) is 11.9 Å². The number of amides is 3. The van der Waals surface area contributed by atoms with E-state index in [4.69, 9.17) is 0 Å². The van der Waals surface area contributed by atoms with Crippen LogP contribution in [-0.2, 0) is 0 Å². The van der Waals surface area contributed by atoms with Gasteiger partial charge in [-0.05, 0) is 43.5 Å². The highest BCUT2D eigenvalue weighted by Gasteiger charge is 2.17. The highest BCUT2D eigenvalue weighted by atomic mass is 16.2. The Labute approximate surface area is 125 Å². The molecule has 1 aliphatic carbocycles. The minimum absolute atomic E-state index is 0.0381. The molecule has 1 fully saturated rings. The number of carbonyl (C=O) groups is 2. The van der Waals surface area contributed by atoms with Crippen LogP contribution >= 0.6 is 0 Å². The summed E-state index contributed by atoms with van der Waals surface area (Å²) in [4.78, 5) is 23.6. The molecule has 3 N–H and O–H groups in total. The molecule has 1 aromatic rings. The van der Waals surface area contributed by atoms with Crippen molar-refractivity contribution in [3.63, 3.8) is 0 Å². The molecule has 0 spiro atoms. The van der Waals surface area contributed by atoms with Crippen LogP contribution in [0.1, 0.15) is 49.4 Å². The smallest absolute Gasteiger partial charge is 0.319 e. The molecule has 0 bridgehead atoms. The second kappa shape index (κ2) is 7.67. The van der Waals surface area contributed by atoms with Gasteiger partial charge >= 0.3 is 6.03 Å². The summed E-state index contributed by atoms with van der Waals surface area (Å²) < 4.78 is 0. The first-order valence-corrected chi connectivity index (χ1v) is 7.65. The van der Waals surface area contributed by atoms with Crippen LogP contribution < -0.4 is 16.0 Å². The van der Waals surface area contributed by atoms with E-state index in [2.05, 4.69) is 16.0 Å². The Morgan fingerprint density at radius 1 is 1.14 bits per heavy atom. The van der Waals surface area contributed by atoms with E-state index in [9.17, 15) is 9.59 Å². The first kappa shape index (κ1) is 15.4. The minimum atomic E-state index is -0.222. The zero-order valence-electron chi connectivity index (χ0n) is 12.4. The summed E-state index contributed by atoms with van der Waals surface area (Å²) in [5.74, 6) is -0.0381. The Morgan fingerprint density at radius 2 is 1.81 bits per heavy atom. The normalized spacial score (nSPS) is 14.7. The van der Waals surface area contributed by atoms with Crippen molar-refractivity contribution < 1.29 is 9.59 Å². The molecule has 0 atom stereocenters. The fraction of sp³-hybridized carbons (Fsp3) is 0.500. The second-order valence-corrected chi connectivity index (χ2v) is 5.41. The number of hydrogen-bond acceptors (Lipinski definition) is 2. The first-order chi connectivity index (χ1) is 10.2. The van der Waals surface area contributed by atoms with Gasteiger partial charge in [0.1, 0.15) is 0 Å². The Morgan fingerprint density at radius 3 is 2.43 bits per heavy atom. The standard InChI is InChI=1S/C16H23N3O2/c1-2-11-17-16(21)19-14-9-7-12(8-10-14)15(20)18-13-5-3-4-6-13/h7-10,13H,2-6,11H2,1H3,(H,18,20)(H2,17,19,21).